The summed E-state index contributed by atoms with van der Waals surface area (Å²) < 4.78 is 0. The van der Waals surface area contributed by atoms with Crippen molar-refractivity contribution in [2.75, 3.05) is 5.32 Å². The van der Waals surface area contributed by atoms with Crippen LogP contribution in [0.4, 0.5) is 5.69 Å². The summed E-state index contributed by atoms with van der Waals surface area (Å²) >= 11 is 13.2. The molecule has 1 aromatic heterocycles. The summed E-state index contributed by atoms with van der Waals surface area (Å²) in [6.45, 7) is 3.53. The van der Waals surface area contributed by atoms with Crippen molar-refractivity contribution < 1.29 is 14.7 Å². The van der Waals surface area contributed by atoms with E-state index >= 15 is 0 Å². The first-order valence-electron chi connectivity index (χ1n) is 5.77. The number of nitrogens with zero attached hydrogens (tertiary/aromatic N) is 1. The minimum Gasteiger partial charge on any atom is -0.478 e. The van der Waals surface area contributed by atoms with Gasteiger partial charge in [-0.2, -0.15) is 0 Å². The topological polar surface area (TPSA) is 79.3 Å². The highest BCUT2D eigenvalue weighted by molar-refractivity contribution is 7.13. The molecule has 2 N–H and O–H groups in total. The van der Waals surface area contributed by atoms with Crippen LogP contribution in [-0.2, 0) is 0 Å². The number of benzene rings is 1. The molecule has 0 unspecified atom stereocenters. The number of hydrogen-bond acceptors (Lipinski definition) is 4. The molecule has 8 heteroatoms. The number of rotatable bonds is 3. The molecular formula is C13H10Cl2N2O3S. The van der Waals surface area contributed by atoms with Crippen LogP contribution in [0.5, 0.6) is 0 Å². The fourth-order valence-electron chi connectivity index (χ4n) is 1.73. The Labute approximate surface area is 134 Å². The molecule has 0 spiro atoms. The molecule has 1 aromatic carbocycles. The van der Waals surface area contributed by atoms with E-state index in [4.69, 9.17) is 28.3 Å². The third-order valence-corrected chi connectivity index (χ3v) is 4.31. The first-order valence-corrected chi connectivity index (χ1v) is 7.34. The Hall–Kier alpha value is -1.63. The second kappa shape index (κ2) is 6.01. The molecular weight excluding hydrogens is 335 g/mol. The number of carboxylic acids is 1. The summed E-state index contributed by atoms with van der Waals surface area (Å²) in [6.07, 6.45) is 0. The highest BCUT2D eigenvalue weighted by Gasteiger charge is 2.18. The zero-order valence-electron chi connectivity index (χ0n) is 11.0. The van der Waals surface area contributed by atoms with Gasteiger partial charge in [-0.15, -0.1) is 11.3 Å². The smallest absolute Gasteiger partial charge is 0.335 e. The number of anilines is 1. The van der Waals surface area contributed by atoms with Crippen LogP contribution in [0.3, 0.4) is 0 Å². The van der Waals surface area contributed by atoms with Gasteiger partial charge in [0.1, 0.15) is 4.88 Å². The second-order valence-electron chi connectivity index (χ2n) is 4.22. The third kappa shape index (κ3) is 3.34. The summed E-state index contributed by atoms with van der Waals surface area (Å²) in [7, 11) is 0. The molecule has 110 valence electrons. The van der Waals surface area contributed by atoms with E-state index in [1.54, 1.807) is 13.8 Å². The Bertz CT molecular complexity index is 720. The molecule has 0 aliphatic rings. The molecule has 0 aliphatic heterocycles. The SMILES string of the molecule is Cc1nc(C)c(C(=O)Nc2c(Cl)cc(C(=O)O)cc2Cl)s1. The van der Waals surface area contributed by atoms with Crippen molar-refractivity contribution in [1.82, 2.24) is 4.98 Å². The van der Waals surface area contributed by atoms with Crippen molar-refractivity contribution >= 4 is 52.1 Å². The predicted octanol–water partition coefficient (Wildman–Crippen LogP) is 4.02. The molecule has 21 heavy (non-hydrogen) atoms. The first-order chi connectivity index (χ1) is 9.79. The molecule has 0 saturated heterocycles. The molecule has 2 aromatic rings. The van der Waals surface area contributed by atoms with Crippen molar-refractivity contribution in [2.24, 2.45) is 0 Å². The highest BCUT2D eigenvalue weighted by Crippen LogP contribution is 2.33. The largest absolute Gasteiger partial charge is 0.478 e. The summed E-state index contributed by atoms with van der Waals surface area (Å²) in [6, 6.07) is 2.46. The lowest BCUT2D eigenvalue weighted by atomic mass is 10.2. The summed E-state index contributed by atoms with van der Waals surface area (Å²) in [5.74, 6) is -1.53. The quantitative estimate of drug-likeness (QED) is 0.881. The molecule has 5 nitrogen and oxygen atoms in total. The average molecular weight is 345 g/mol. The number of amides is 1. The Balaban J connectivity index is 2.34. The monoisotopic (exact) mass is 344 g/mol. The fourth-order valence-corrected chi connectivity index (χ4v) is 3.12. The molecule has 0 saturated carbocycles. The van der Waals surface area contributed by atoms with Gasteiger partial charge >= 0.3 is 5.97 Å². The summed E-state index contributed by atoms with van der Waals surface area (Å²) in [4.78, 5) is 27.7. The molecule has 0 atom stereocenters. The summed E-state index contributed by atoms with van der Waals surface area (Å²) in [5.41, 5.74) is 0.746. The van der Waals surface area contributed by atoms with E-state index in [1.807, 2.05) is 0 Å². The molecule has 0 fully saturated rings. The van der Waals surface area contributed by atoms with Crippen LogP contribution < -0.4 is 5.32 Å². The first kappa shape index (κ1) is 15.8. The normalized spacial score (nSPS) is 10.5. The van der Waals surface area contributed by atoms with E-state index in [-0.39, 0.29) is 27.2 Å². The number of halogens is 2. The molecule has 0 radical (unpaired) electrons. The van der Waals surface area contributed by atoms with Gasteiger partial charge in [-0.25, -0.2) is 9.78 Å². The standard InChI is InChI=1S/C13H10Cl2N2O3S/c1-5-11(21-6(2)16-5)12(18)17-10-8(14)3-7(13(19)20)4-9(10)15/h3-4H,1-2H3,(H,17,18)(H,19,20). The molecule has 1 heterocycles. The molecule has 1 amide bonds. The molecule has 0 bridgehead atoms. The number of aryl methyl sites for hydroxylation is 2. The number of aromatic carboxylic acids is 1. The third-order valence-electron chi connectivity index (χ3n) is 2.64. The zero-order chi connectivity index (χ0) is 15.7. The lowest BCUT2D eigenvalue weighted by molar-refractivity contribution is 0.0696. The Kier molecular flexibility index (Phi) is 4.51. The number of carbonyl (C=O) groups excluding carboxylic acids is 1. The van der Waals surface area contributed by atoms with Crippen LogP contribution in [0.2, 0.25) is 10.0 Å². The van der Waals surface area contributed by atoms with Crippen molar-refractivity contribution in [2.45, 2.75) is 13.8 Å². The lowest BCUT2D eigenvalue weighted by Crippen LogP contribution is -2.13. The van der Waals surface area contributed by atoms with Gasteiger partial charge in [0, 0.05) is 0 Å². The van der Waals surface area contributed by atoms with E-state index in [0.29, 0.717) is 10.6 Å². The number of carbonyl (C=O) groups is 2. The van der Waals surface area contributed by atoms with Crippen LogP contribution >= 0.6 is 34.5 Å². The Morgan fingerprint density at radius 2 is 1.81 bits per heavy atom. The number of hydrogen-bond donors (Lipinski definition) is 2. The number of carboxylic acid groups (broad SMARTS) is 1. The minimum absolute atomic E-state index is 0.0483. The fraction of sp³-hybridized carbons (Fsp3) is 0.154. The number of nitrogens with one attached hydrogen (secondary N) is 1. The van der Waals surface area contributed by atoms with Gasteiger partial charge < -0.3 is 10.4 Å². The van der Waals surface area contributed by atoms with Crippen LogP contribution in [0, 0.1) is 13.8 Å². The van der Waals surface area contributed by atoms with E-state index < -0.39 is 5.97 Å². The lowest BCUT2D eigenvalue weighted by Gasteiger charge is -2.09. The maximum Gasteiger partial charge on any atom is 0.335 e. The van der Waals surface area contributed by atoms with Gasteiger partial charge in [-0.05, 0) is 26.0 Å². The van der Waals surface area contributed by atoms with Crippen molar-refractivity contribution in [3.05, 3.63) is 43.3 Å². The minimum atomic E-state index is -1.15. The highest BCUT2D eigenvalue weighted by atomic mass is 35.5. The maximum atomic E-state index is 12.2. The van der Waals surface area contributed by atoms with Gasteiger partial charge in [-0.3, -0.25) is 4.79 Å². The summed E-state index contributed by atoms with van der Waals surface area (Å²) in [5, 5.41) is 12.4. The second-order valence-corrected chi connectivity index (χ2v) is 6.24. The van der Waals surface area contributed by atoms with E-state index in [0.717, 1.165) is 5.01 Å². The number of aromatic nitrogens is 1. The van der Waals surface area contributed by atoms with E-state index in [1.165, 1.54) is 23.5 Å². The van der Waals surface area contributed by atoms with Gasteiger partial charge in [-0.1, -0.05) is 23.2 Å². The van der Waals surface area contributed by atoms with Crippen LogP contribution in [0.25, 0.3) is 0 Å². The van der Waals surface area contributed by atoms with Gasteiger partial charge in [0.2, 0.25) is 0 Å². The van der Waals surface area contributed by atoms with Gasteiger partial charge in [0.15, 0.2) is 0 Å². The Morgan fingerprint density at radius 1 is 1.24 bits per heavy atom. The van der Waals surface area contributed by atoms with Crippen LogP contribution in [-0.4, -0.2) is 22.0 Å². The van der Waals surface area contributed by atoms with Crippen molar-refractivity contribution in [3.8, 4) is 0 Å². The van der Waals surface area contributed by atoms with Gasteiger partial charge in [0.25, 0.3) is 5.91 Å². The maximum absolute atomic E-state index is 12.2. The Morgan fingerprint density at radius 3 is 2.24 bits per heavy atom. The van der Waals surface area contributed by atoms with Crippen molar-refractivity contribution in [1.29, 1.82) is 0 Å². The van der Waals surface area contributed by atoms with Crippen molar-refractivity contribution in [3.63, 3.8) is 0 Å². The average Bonchev–Trinajstić information content (AvgIpc) is 2.72. The van der Waals surface area contributed by atoms with Gasteiger partial charge in [0.05, 0.1) is 32.0 Å². The zero-order valence-corrected chi connectivity index (χ0v) is 13.4. The van der Waals surface area contributed by atoms with E-state index in [9.17, 15) is 9.59 Å². The number of thiazole rings is 1. The van der Waals surface area contributed by atoms with Crippen LogP contribution in [0.15, 0.2) is 12.1 Å². The molecule has 0 aliphatic carbocycles. The van der Waals surface area contributed by atoms with E-state index in [2.05, 4.69) is 10.3 Å². The van der Waals surface area contributed by atoms with Crippen LogP contribution in [0.1, 0.15) is 30.7 Å². The molecule has 2 rings (SSSR count). The predicted molar refractivity (Wildman–Crippen MR) is 83.0 cm³/mol.